The fourth-order valence-electron chi connectivity index (χ4n) is 1.54. The molecule has 0 radical (unpaired) electrons. The second-order valence-electron chi connectivity index (χ2n) is 4.71. The Balaban J connectivity index is -0.000000127. The van der Waals surface area contributed by atoms with Crippen molar-refractivity contribution in [1.29, 1.82) is 0 Å². The number of nitrogens with zero attached hydrogens (tertiary/aromatic N) is 7. The summed E-state index contributed by atoms with van der Waals surface area (Å²) in [4.78, 5) is 56.7. The summed E-state index contributed by atoms with van der Waals surface area (Å²) in [5.74, 6) is 0.503. The summed E-state index contributed by atoms with van der Waals surface area (Å²) in [5, 5.41) is 8.72. The van der Waals surface area contributed by atoms with E-state index < -0.39 is 0 Å². The molecule has 0 aliphatic carbocycles. The van der Waals surface area contributed by atoms with E-state index in [4.69, 9.17) is 21.7 Å². The average molecular weight is 585 g/mol. The summed E-state index contributed by atoms with van der Waals surface area (Å²) >= 11 is 5.32. The Morgan fingerprint density at radius 3 is 1.73 bits per heavy atom. The number of carbonyl (C=O) groups is 3. The fraction of sp³-hybridized carbons (Fsp3) is 0.190. The van der Waals surface area contributed by atoms with Gasteiger partial charge in [-0.05, 0) is 23.7 Å². The standard InChI is InChI=1S/C8H6N4O.C4H3ClN2.C4H4N2O.2C2H6.CH2O3.2K.H/c13-5-7-4-12(6-11-7)8-9-2-1-3-10-8;5-4-6-2-1-3-7-4;7-2-4-1-5-3-6-4;2*1-2;2-1-4-3;;;/h1-6H;1-3H;1-3H,(H,5,6);2*1-2H3;1,3H;;;/q;;;;;;2*+1;-1/p-1. The maximum absolute atomic E-state index is 10.3. The largest absolute Gasteiger partial charge is 1.00 e. The van der Waals surface area contributed by atoms with Gasteiger partial charge in [0, 0.05) is 31.0 Å². The average Bonchev–Trinajstić information content (AvgIpc) is 3.65. The third kappa shape index (κ3) is 23.7. The van der Waals surface area contributed by atoms with Gasteiger partial charge in [0.05, 0.1) is 18.2 Å². The summed E-state index contributed by atoms with van der Waals surface area (Å²) in [5.41, 5.74) is 0.882. The van der Waals surface area contributed by atoms with Crippen molar-refractivity contribution < 1.29 is 129 Å². The van der Waals surface area contributed by atoms with Gasteiger partial charge < -0.3 is 16.6 Å². The van der Waals surface area contributed by atoms with Crippen LogP contribution in [0.3, 0.4) is 0 Å². The molecule has 4 rings (SSSR count). The molecule has 0 aliphatic heterocycles. The number of hydrogen-bond acceptors (Lipinski definition) is 11. The summed E-state index contributed by atoms with van der Waals surface area (Å²) in [6, 6.07) is 3.44. The van der Waals surface area contributed by atoms with Crippen molar-refractivity contribution in [1.82, 2.24) is 39.5 Å². The third-order valence-corrected chi connectivity index (χ3v) is 2.92. The second-order valence-corrected chi connectivity index (χ2v) is 5.05. The Morgan fingerprint density at radius 1 is 0.919 bits per heavy atom. The Kier molecular flexibility index (Phi) is 38.3. The number of nitrogens with one attached hydrogen (secondary N) is 1. The zero-order valence-electron chi connectivity index (χ0n) is 22.6. The molecule has 4 aromatic heterocycles. The Bertz CT molecular complexity index is 1020. The van der Waals surface area contributed by atoms with Gasteiger partial charge in [-0.15, -0.1) is 0 Å². The van der Waals surface area contributed by atoms with Gasteiger partial charge in [-0.3, -0.25) is 19.0 Å². The second kappa shape index (κ2) is 32.9. The molecule has 0 bridgehead atoms. The molecule has 16 heteroatoms. The van der Waals surface area contributed by atoms with Crippen LogP contribution < -0.4 is 108 Å². The maximum Gasteiger partial charge on any atom is 1.00 e. The van der Waals surface area contributed by atoms with E-state index >= 15 is 0 Å². The molecule has 1 N–H and O–H groups in total. The van der Waals surface area contributed by atoms with Crippen LogP contribution in [0.2, 0.25) is 5.28 Å². The fourth-order valence-corrected chi connectivity index (χ4v) is 1.66. The van der Waals surface area contributed by atoms with Crippen molar-refractivity contribution in [2.75, 3.05) is 0 Å². The normalized spacial score (nSPS) is 7.62. The van der Waals surface area contributed by atoms with E-state index in [9.17, 15) is 9.59 Å². The van der Waals surface area contributed by atoms with Crippen LogP contribution in [-0.4, -0.2) is 58.5 Å². The van der Waals surface area contributed by atoms with E-state index in [-0.39, 0.29) is 111 Å². The minimum Gasteiger partial charge on any atom is -1.00 e. The molecule has 190 valence electrons. The number of H-pyrrole nitrogens is 1. The van der Waals surface area contributed by atoms with Gasteiger partial charge in [-0.2, -0.15) is 0 Å². The van der Waals surface area contributed by atoms with Crippen LogP contribution in [0.5, 0.6) is 0 Å². The van der Waals surface area contributed by atoms with Gasteiger partial charge in [-0.1, -0.05) is 27.7 Å². The molecular weight excluding hydrogens is 558 g/mol. The molecule has 0 spiro atoms. The zero-order valence-corrected chi connectivity index (χ0v) is 28.6. The van der Waals surface area contributed by atoms with E-state index in [0.717, 1.165) is 0 Å². The number of rotatable bonds is 4. The predicted octanol–water partition coefficient (Wildman–Crippen LogP) is -3.57. The van der Waals surface area contributed by atoms with E-state index in [1.165, 1.54) is 18.9 Å². The van der Waals surface area contributed by atoms with Gasteiger partial charge in [-0.25, -0.2) is 29.9 Å². The molecule has 0 amide bonds. The molecule has 37 heavy (non-hydrogen) atoms. The van der Waals surface area contributed by atoms with Crippen molar-refractivity contribution in [3.8, 4) is 5.95 Å². The van der Waals surface area contributed by atoms with E-state index in [1.54, 1.807) is 47.7 Å². The first-order chi connectivity index (χ1) is 17.1. The summed E-state index contributed by atoms with van der Waals surface area (Å²) < 4.78 is 1.59. The molecule has 0 unspecified atom stereocenters. The van der Waals surface area contributed by atoms with Gasteiger partial charge in [0.2, 0.25) is 11.2 Å². The van der Waals surface area contributed by atoms with Crippen LogP contribution in [-0.2, 0) is 9.68 Å². The predicted molar refractivity (Wildman–Crippen MR) is 127 cm³/mol. The third-order valence-electron chi connectivity index (χ3n) is 2.73. The number of hydrogen-bond donors (Lipinski definition) is 1. The van der Waals surface area contributed by atoms with Crippen LogP contribution in [0.4, 0.5) is 0 Å². The van der Waals surface area contributed by atoms with Gasteiger partial charge >= 0.3 is 103 Å². The quantitative estimate of drug-likeness (QED) is 0.0823. The van der Waals surface area contributed by atoms with Crippen molar-refractivity contribution >= 4 is 30.6 Å². The van der Waals surface area contributed by atoms with Crippen LogP contribution in [0.1, 0.15) is 50.1 Å². The van der Waals surface area contributed by atoms with Gasteiger partial charge in [0.25, 0.3) is 6.47 Å². The molecule has 0 atom stereocenters. The van der Waals surface area contributed by atoms with Crippen molar-refractivity contribution in [3.63, 3.8) is 0 Å². The number of carbonyl (C=O) groups excluding carboxylic acids is 3. The molecular formula is C21H27ClK2N8O5. The molecule has 0 aromatic carbocycles. The zero-order chi connectivity index (χ0) is 26.7. The maximum atomic E-state index is 10.3. The van der Waals surface area contributed by atoms with Crippen LogP contribution >= 0.6 is 11.6 Å². The summed E-state index contributed by atoms with van der Waals surface area (Å²) in [6.45, 7) is 7.82. The van der Waals surface area contributed by atoms with E-state index in [1.807, 2.05) is 27.7 Å². The van der Waals surface area contributed by atoms with Gasteiger partial charge in [0.15, 0.2) is 12.6 Å². The first-order valence-electron chi connectivity index (χ1n) is 9.99. The molecule has 13 nitrogen and oxygen atoms in total. The number of aromatic nitrogens is 8. The number of aldehydes is 2. The topological polar surface area (TPSA) is 182 Å². The van der Waals surface area contributed by atoms with Crippen molar-refractivity contribution in [2.24, 2.45) is 0 Å². The van der Waals surface area contributed by atoms with Crippen LogP contribution in [0, 0.1) is 0 Å². The number of imidazole rings is 2. The minimum absolute atomic E-state index is 0. The number of aromatic amines is 1. The summed E-state index contributed by atoms with van der Waals surface area (Å²) in [7, 11) is 0. The summed E-state index contributed by atoms with van der Waals surface area (Å²) in [6.07, 6.45) is 13.8. The molecule has 0 saturated heterocycles. The molecule has 0 fully saturated rings. The Labute approximate surface area is 306 Å². The van der Waals surface area contributed by atoms with Gasteiger partial charge in [0.1, 0.15) is 12.0 Å². The monoisotopic (exact) mass is 584 g/mol. The Morgan fingerprint density at radius 2 is 1.43 bits per heavy atom. The minimum atomic E-state index is -0.181. The SMILES string of the molecule is CC.CC.Clc1ncccn1.O=CO[O-].O=Cc1cn(-c2ncccn2)cn1.O=Cc1cnc[nH]1.[H-].[K+].[K+]. The first-order valence-corrected chi connectivity index (χ1v) is 10.4. The Hall–Kier alpha value is -1.09. The molecule has 0 saturated carbocycles. The van der Waals surface area contributed by atoms with E-state index in [2.05, 4.69) is 39.8 Å². The molecule has 4 heterocycles. The first kappa shape index (κ1) is 43.0. The number of halogens is 1. The molecule has 0 aliphatic rings. The van der Waals surface area contributed by atoms with E-state index in [0.29, 0.717) is 35.2 Å². The smallest absolute Gasteiger partial charge is 1.00 e. The van der Waals surface area contributed by atoms with Crippen molar-refractivity contribution in [3.05, 3.63) is 78.6 Å². The van der Waals surface area contributed by atoms with Crippen LogP contribution in [0.15, 0.2) is 62.0 Å². The van der Waals surface area contributed by atoms with Crippen molar-refractivity contribution in [2.45, 2.75) is 27.7 Å². The van der Waals surface area contributed by atoms with Crippen LogP contribution in [0.25, 0.3) is 5.95 Å². The molecule has 4 aromatic rings.